The fourth-order valence-electron chi connectivity index (χ4n) is 2.54. The number of nitrogens with one attached hydrogen (secondary N) is 1. The van der Waals surface area contributed by atoms with Crippen LogP contribution in [0.2, 0.25) is 0 Å². The van der Waals surface area contributed by atoms with Gasteiger partial charge in [-0.25, -0.2) is 0 Å². The number of amides is 1. The average Bonchev–Trinajstić information content (AvgIpc) is 2.45. The van der Waals surface area contributed by atoms with Gasteiger partial charge in [0.25, 0.3) is 5.91 Å². The van der Waals surface area contributed by atoms with E-state index in [4.69, 9.17) is 10.5 Å². The molecule has 1 aliphatic rings. The molecule has 21 heavy (non-hydrogen) atoms. The van der Waals surface area contributed by atoms with Gasteiger partial charge in [0.15, 0.2) is 6.61 Å². The summed E-state index contributed by atoms with van der Waals surface area (Å²) in [6.45, 7) is 0.663. The Morgan fingerprint density at radius 3 is 2.71 bits per heavy atom. The van der Waals surface area contributed by atoms with E-state index in [1.54, 1.807) is 0 Å². The number of carbonyl (C=O) groups excluding carboxylic acids is 1. The van der Waals surface area contributed by atoms with Crippen molar-refractivity contribution in [3.63, 3.8) is 0 Å². The van der Waals surface area contributed by atoms with E-state index in [1.165, 1.54) is 32.1 Å². The van der Waals surface area contributed by atoms with E-state index in [-0.39, 0.29) is 19.0 Å². The Hall–Kier alpha value is -0.780. The highest BCUT2D eigenvalue weighted by Crippen LogP contribution is 2.24. The summed E-state index contributed by atoms with van der Waals surface area (Å²) in [4.78, 5) is 10.8. The van der Waals surface area contributed by atoms with Gasteiger partial charge in [-0.1, -0.05) is 35.2 Å². The Labute approximate surface area is 140 Å². The summed E-state index contributed by atoms with van der Waals surface area (Å²) < 4.78 is 6.46. The minimum atomic E-state index is -0.459. The van der Waals surface area contributed by atoms with Gasteiger partial charge in [0, 0.05) is 22.6 Å². The van der Waals surface area contributed by atoms with Crippen LogP contribution in [0.1, 0.15) is 37.7 Å². The van der Waals surface area contributed by atoms with Gasteiger partial charge in [0.2, 0.25) is 0 Å². The lowest BCUT2D eigenvalue weighted by Gasteiger charge is -2.23. The van der Waals surface area contributed by atoms with Crippen LogP contribution in [0.3, 0.4) is 0 Å². The first-order valence-corrected chi connectivity index (χ1v) is 7.87. The Kier molecular flexibility index (Phi) is 8.07. The molecule has 1 aromatic rings. The van der Waals surface area contributed by atoms with Gasteiger partial charge in [-0.15, -0.1) is 12.4 Å². The lowest BCUT2D eigenvalue weighted by molar-refractivity contribution is -0.119. The van der Waals surface area contributed by atoms with Crippen molar-refractivity contribution >= 4 is 34.2 Å². The monoisotopic (exact) mass is 376 g/mol. The average molecular weight is 378 g/mol. The molecule has 2 rings (SSSR count). The standard InChI is InChI=1S/C15H21BrN2O2.ClH/c16-12-6-7-14(20-10-15(17)19)11(8-12)9-18-13-4-2-1-3-5-13;/h6-8,13,18H,1-5,9-10H2,(H2,17,19);1H. The van der Waals surface area contributed by atoms with E-state index in [2.05, 4.69) is 21.2 Å². The van der Waals surface area contributed by atoms with Crippen LogP contribution in [-0.4, -0.2) is 18.6 Å². The molecule has 6 heteroatoms. The number of primary amides is 1. The van der Waals surface area contributed by atoms with Gasteiger partial charge in [0.05, 0.1) is 0 Å². The fraction of sp³-hybridized carbons (Fsp3) is 0.533. The van der Waals surface area contributed by atoms with Crippen molar-refractivity contribution in [3.05, 3.63) is 28.2 Å². The lowest BCUT2D eigenvalue weighted by Crippen LogP contribution is -2.30. The maximum atomic E-state index is 10.8. The largest absolute Gasteiger partial charge is 0.483 e. The minimum absolute atomic E-state index is 0. The summed E-state index contributed by atoms with van der Waals surface area (Å²) in [5.41, 5.74) is 6.17. The Balaban J connectivity index is 0.00000220. The fourth-order valence-corrected chi connectivity index (χ4v) is 2.95. The minimum Gasteiger partial charge on any atom is -0.483 e. The van der Waals surface area contributed by atoms with Crippen molar-refractivity contribution < 1.29 is 9.53 Å². The second-order valence-electron chi connectivity index (χ2n) is 5.22. The molecule has 1 aliphatic carbocycles. The summed E-state index contributed by atoms with van der Waals surface area (Å²) in [6.07, 6.45) is 6.45. The Bertz CT molecular complexity index is 465. The van der Waals surface area contributed by atoms with E-state index >= 15 is 0 Å². The summed E-state index contributed by atoms with van der Waals surface area (Å²) in [7, 11) is 0. The summed E-state index contributed by atoms with van der Waals surface area (Å²) in [6, 6.07) is 6.38. The summed E-state index contributed by atoms with van der Waals surface area (Å²) in [5.74, 6) is 0.259. The Morgan fingerprint density at radius 1 is 1.33 bits per heavy atom. The molecule has 0 bridgehead atoms. The van der Waals surface area contributed by atoms with Gasteiger partial charge in [-0.05, 0) is 31.0 Å². The number of nitrogens with two attached hydrogens (primary N) is 1. The van der Waals surface area contributed by atoms with Crippen LogP contribution in [-0.2, 0) is 11.3 Å². The molecule has 0 aromatic heterocycles. The normalized spacial score (nSPS) is 15.3. The topological polar surface area (TPSA) is 64.4 Å². The van der Waals surface area contributed by atoms with Gasteiger partial charge in [-0.3, -0.25) is 4.79 Å². The highest BCUT2D eigenvalue weighted by molar-refractivity contribution is 9.10. The number of carbonyl (C=O) groups is 1. The van der Waals surface area contributed by atoms with Crippen molar-refractivity contribution in [2.45, 2.75) is 44.7 Å². The van der Waals surface area contributed by atoms with Crippen LogP contribution < -0.4 is 15.8 Å². The summed E-state index contributed by atoms with van der Waals surface area (Å²) >= 11 is 3.47. The van der Waals surface area contributed by atoms with Crippen molar-refractivity contribution in [2.24, 2.45) is 5.73 Å². The molecule has 0 radical (unpaired) electrons. The zero-order chi connectivity index (χ0) is 14.4. The molecule has 0 saturated heterocycles. The highest BCUT2D eigenvalue weighted by Gasteiger charge is 2.14. The molecular weight excluding hydrogens is 356 g/mol. The van der Waals surface area contributed by atoms with E-state index in [1.807, 2.05) is 18.2 Å². The third-order valence-electron chi connectivity index (χ3n) is 3.58. The smallest absolute Gasteiger partial charge is 0.255 e. The number of hydrogen-bond acceptors (Lipinski definition) is 3. The van der Waals surface area contributed by atoms with Gasteiger partial charge in [0.1, 0.15) is 5.75 Å². The summed E-state index contributed by atoms with van der Waals surface area (Å²) in [5, 5.41) is 3.58. The molecule has 0 unspecified atom stereocenters. The number of rotatable bonds is 6. The van der Waals surface area contributed by atoms with Crippen LogP contribution in [0, 0.1) is 0 Å². The Morgan fingerprint density at radius 2 is 2.05 bits per heavy atom. The van der Waals surface area contributed by atoms with Crippen LogP contribution in [0.15, 0.2) is 22.7 Å². The molecule has 4 nitrogen and oxygen atoms in total. The molecule has 0 spiro atoms. The molecule has 118 valence electrons. The predicted octanol–water partition coefficient (Wildman–Crippen LogP) is 3.16. The zero-order valence-corrected chi connectivity index (χ0v) is 14.3. The van der Waals surface area contributed by atoms with Crippen LogP contribution >= 0.6 is 28.3 Å². The van der Waals surface area contributed by atoms with Gasteiger partial charge in [-0.2, -0.15) is 0 Å². The van der Waals surface area contributed by atoms with Gasteiger partial charge < -0.3 is 15.8 Å². The van der Waals surface area contributed by atoms with Crippen LogP contribution in [0.25, 0.3) is 0 Å². The quantitative estimate of drug-likeness (QED) is 0.800. The second kappa shape index (κ2) is 9.28. The number of benzene rings is 1. The second-order valence-corrected chi connectivity index (χ2v) is 6.14. The zero-order valence-electron chi connectivity index (χ0n) is 11.9. The van der Waals surface area contributed by atoms with Crippen molar-refractivity contribution in [2.75, 3.05) is 6.61 Å². The molecule has 3 N–H and O–H groups in total. The molecule has 1 fully saturated rings. The molecule has 1 aromatic carbocycles. The number of ether oxygens (including phenoxy) is 1. The molecule has 0 heterocycles. The third kappa shape index (κ3) is 6.24. The lowest BCUT2D eigenvalue weighted by atomic mass is 9.95. The molecule has 1 amide bonds. The third-order valence-corrected chi connectivity index (χ3v) is 4.07. The van der Waals surface area contributed by atoms with Crippen molar-refractivity contribution in [3.8, 4) is 5.75 Å². The maximum absolute atomic E-state index is 10.8. The van der Waals surface area contributed by atoms with E-state index in [0.29, 0.717) is 6.04 Å². The van der Waals surface area contributed by atoms with Crippen molar-refractivity contribution in [1.82, 2.24) is 5.32 Å². The SMILES string of the molecule is Cl.NC(=O)COc1ccc(Br)cc1CNC1CCCCC1. The molecule has 1 saturated carbocycles. The maximum Gasteiger partial charge on any atom is 0.255 e. The first kappa shape index (κ1) is 18.3. The first-order valence-electron chi connectivity index (χ1n) is 7.08. The molecular formula is C15H22BrClN2O2. The number of halogens is 2. The van der Waals surface area contributed by atoms with E-state index < -0.39 is 5.91 Å². The van der Waals surface area contributed by atoms with Crippen molar-refractivity contribution in [1.29, 1.82) is 0 Å². The predicted molar refractivity (Wildman–Crippen MR) is 89.8 cm³/mol. The molecule has 0 atom stereocenters. The highest BCUT2D eigenvalue weighted by atomic mass is 79.9. The number of hydrogen-bond donors (Lipinski definition) is 2. The van der Waals surface area contributed by atoms with E-state index in [0.717, 1.165) is 22.3 Å². The van der Waals surface area contributed by atoms with Crippen LogP contribution in [0.4, 0.5) is 0 Å². The van der Waals surface area contributed by atoms with Gasteiger partial charge >= 0.3 is 0 Å². The van der Waals surface area contributed by atoms with Crippen LogP contribution in [0.5, 0.6) is 5.75 Å². The molecule has 0 aliphatic heterocycles. The van der Waals surface area contributed by atoms with E-state index in [9.17, 15) is 4.79 Å². The first-order chi connectivity index (χ1) is 9.65.